The average molecular weight is 467 g/mol. The second kappa shape index (κ2) is 9.10. The van der Waals surface area contributed by atoms with Gasteiger partial charge in [-0.05, 0) is 48.4 Å². The number of nitriles is 1. The maximum Gasteiger partial charge on any atom is 0.264 e. The number of benzene rings is 2. The van der Waals surface area contributed by atoms with Gasteiger partial charge in [-0.1, -0.05) is 52.6 Å². The van der Waals surface area contributed by atoms with Crippen molar-refractivity contribution in [2.45, 2.75) is 11.7 Å². The summed E-state index contributed by atoms with van der Waals surface area (Å²) in [7, 11) is 1.43. The molecule has 1 saturated heterocycles. The summed E-state index contributed by atoms with van der Waals surface area (Å²) in [6.07, 6.45) is 0.362. The van der Waals surface area contributed by atoms with Crippen molar-refractivity contribution in [3.63, 3.8) is 0 Å². The Balaban J connectivity index is 2.03. The van der Waals surface area contributed by atoms with Crippen LogP contribution < -0.4 is 10.2 Å². The molecule has 9 heteroatoms. The first kappa shape index (κ1) is 21.5. The number of halogens is 3. The Morgan fingerprint density at radius 3 is 2.45 bits per heavy atom. The lowest BCUT2D eigenvalue weighted by molar-refractivity contribution is -0.117. The molecule has 1 aliphatic rings. The Morgan fingerprint density at radius 2 is 1.86 bits per heavy atom. The summed E-state index contributed by atoms with van der Waals surface area (Å²) in [5.41, 5.74) is 1.22. The van der Waals surface area contributed by atoms with E-state index in [0.717, 1.165) is 5.56 Å². The molecule has 5 nitrogen and oxygen atoms in total. The average Bonchev–Trinajstić information content (AvgIpc) is 3.01. The molecule has 0 saturated carbocycles. The summed E-state index contributed by atoms with van der Waals surface area (Å²) in [5.74, 6) is -0.799. The summed E-state index contributed by atoms with van der Waals surface area (Å²) >= 11 is 19.2. The van der Waals surface area contributed by atoms with Crippen LogP contribution in [0.5, 0.6) is 0 Å². The zero-order valence-corrected chi connectivity index (χ0v) is 18.2. The van der Waals surface area contributed by atoms with E-state index >= 15 is 0 Å². The molecule has 1 N–H and O–H groups in total. The number of nitrogens with one attached hydrogen (secondary N) is 1. The molecular weight excluding hydrogens is 453 g/mol. The highest BCUT2D eigenvalue weighted by atomic mass is 35.5. The Bertz CT molecular complexity index is 1050. The first-order valence-electron chi connectivity index (χ1n) is 8.42. The van der Waals surface area contributed by atoms with E-state index in [9.17, 15) is 14.9 Å². The predicted molar refractivity (Wildman–Crippen MR) is 117 cm³/mol. The monoisotopic (exact) mass is 465 g/mol. The lowest BCUT2D eigenvalue weighted by atomic mass is 10.1. The van der Waals surface area contributed by atoms with Gasteiger partial charge in [0.15, 0.2) is 0 Å². The van der Waals surface area contributed by atoms with Crippen LogP contribution in [0.4, 0.5) is 5.69 Å². The quantitative estimate of drug-likeness (QED) is 0.518. The van der Waals surface area contributed by atoms with E-state index in [1.807, 2.05) is 6.07 Å². The number of thioether (sulfide) groups is 1. The molecule has 0 spiro atoms. The topological polar surface area (TPSA) is 73.2 Å². The number of rotatable bonds is 4. The standard InChI is InChI=1S/C20H14Cl3N3O2S/c1-25-18(27)14(10-24)20-26(13-5-3-12(21)4-6-13)19(28)17(29-20)9-11-2-7-15(22)16(23)8-11/h2-8,17H,9H2,1H3,(H,25,27)/b20-14-. The maximum absolute atomic E-state index is 13.2. The molecule has 1 fully saturated rings. The fraction of sp³-hybridized carbons (Fsp3) is 0.150. The predicted octanol–water partition coefficient (Wildman–Crippen LogP) is 4.82. The van der Waals surface area contributed by atoms with Gasteiger partial charge >= 0.3 is 0 Å². The first-order chi connectivity index (χ1) is 13.8. The third kappa shape index (κ3) is 4.54. The number of nitrogens with zero attached hydrogens (tertiary/aromatic N) is 2. The fourth-order valence-corrected chi connectivity index (χ4v) is 4.57. The van der Waals surface area contributed by atoms with Gasteiger partial charge in [0.2, 0.25) is 5.91 Å². The van der Waals surface area contributed by atoms with E-state index in [1.54, 1.807) is 42.5 Å². The molecule has 0 bridgehead atoms. The largest absolute Gasteiger partial charge is 0.354 e. The first-order valence-corrected chi connectivity index (χ1v) is 10.4. The van der Waals surface area contributed by atoms with Gasteiger partial charge in [-0.2, -0.15) is 5.26 Å². The molecule has 1 unspecified atom stereocenters. The molecule has 3 rings (SSSR count). The van der Waals surface area contributed by atoms with E-state index in [1.165, 1.54) is 23.7 Å². The van der Waals surface area contributed by atoms with Crippen LogP contribution >= 0.6 is 46.6 Å². The summed E-state index contributed by atoms with van der Waals surface area (Å²) in [6.45, 7) is 0. The van der Waals surface area contributed by atoms with Crippen LogP contribution in [-0.2, 0) is 16.0 Å². The number of amides is 2. The van der Waals surface area contributed by atoms with Gasteiger partial charge in [0.25, 0.3) is 5.91 Å². The highest BCUT2D eigenvalue weighted by Crippen LogP contribution is 2.42. The third-order valence-corrected chi connectivity index (χ3v) is 6.48. The summed E-state index contributed by atoms with van der Waals surface area (Å²) in [4.78, 5) is 26.8. The molecule has 2 aromatic carbocycles. The van der Waals surface area contributed by atoms with E-state index in [0.29, 0.717) is 27.2 Å². The van der Waals surface area contributed by atoms with Crippen LogP contribution in [0.25, 0.3) is 0 Å². The zero-order chi connectivity index (χ0) is 21.1. The van der Waals surface area contributed by atoms with E-state index < -0.39 is 11.2 Å². The molecule has 1 atom stereocenters. The van der Waals surface area contributed by atoms with Crippen molar-refractivity contribution in [2.24, 2.45) is 0 Å². The maximum atomic E-state index is 13.2. The van der Waals surface area contributed by atoms with Crippen molar-refractivity contribution >= 4 is 64.1 Å². The molecule has 29 heavy (non-hydrogen) atoms. The zero-order valence-electron chi connectivity index (χ0n) is 15.1. The van der Waals surface area contributed by atoms with Crippen molar-refractivity contribution in [2.75, 3.05) is 11.9 Å². The molecule has 0 aliphatic carbocycles. The second-order valence-electron chi connectivity index (χ2n) is 6.08. The third-order valence-electron chi connectivity index (χ3n) is 4.22. The Hall–Kier alpha value is -2.17. The van der Waals surface area contributed by atoms with E-state index in [4.69, 9.17) is 34.8 Å². The lowest BCUT2D eigenvalue weighted by Gasteiger charge is -2.18. The van der Waals surface area contributed by atoms with Crippen LogP contribution in [0.1, 0.15) is 5.56 Å². The smallest absolute Gasteiger partial charge is 0.264 e. The molecule has 0 aromatic heterocycles. The van der Waals surface area contributed by atoms with Crippen molar-refractivity contribution < 1.29 is 9.59 Å². The Labute approximate surface area is 187 Å². The van der Waals surface area contributed by atoms with Crippen LogP contribution in [0.2, 0.25) is 15.1 Å². The molecular formula is C20H14Cl3N3O2S. The van der Waals surface area contributed by atoms with E-state index in [-0.39, 0.29) is 16.5 Å². The van der Waals surface area contributed by atoms with E-state index in [2.05, 4.69) is 5.32 Å². The Morgan fingerprint density at radius 1 is 1.17 bits per heavy atom. The highest BCUT2D eigenvalue weighted by Gasteiger charge is 2.40. The van der Waals surface area contributed by atoms with Gasteiger partial charge in [0.05, 0.1) is 15.3 Å². The van der Waals surface area contributed by atoms with Crippen molar-refractivity contribution in [3.8, 4) is 6.07 Å². The normalized spacial score (nSPS) is 17.8. The minimum atomic E-state index is -0.558. The van der Waals surface area contributed by atoms with Gasteiger partial charge in [0, 0.05) is 17.8 Å². The molecule has 148 valence electrons. The van der Waals surface area contributed by atoms with Gasteiger partial charge in [-0.15, -0.1) is 0 Å². The van der Waals surface area contributed by atoms with Crippen LogP contribution in [0.15, 0.2) is 53.1 Å². The number of anilines is 1. The summed E-state index contributed by atoms with van der Waals surface area (Å²) < 4.78 is 0. The molecule has 2 aromatic rings. The van der Waals surface area contributed by atoms with Gasteiger partial charge in [-0.3, -0.25) is 14.5 Å². The van der Waals surface area contributed by atoms with Crippen molar-refractivity contribution in [3.05, 3.63) is 73.7 Å². The summed E-state index contributed by atoms with van der Waals surface area (Å²) in [6, 6.07) is 13.7. The number of carbonyl (C=O) groups is 2. The minimum Gasteiger partial charge on any atom is -0.354 e. The van der Waals surface area contributed by atoms with Crippen LogP contribution in [-0.4, -0.2) is 24.1 Å². The van der Waals surface area contributed by atoms with Gasteiger partial charge in [0.1, 0.15) is 16.7 Å². The van der Waals surface area contributed by atoms with Gasteiger partial charge < -0.3 is 5.32 Å². The van der Waals surface area contributed by atoms with Crippen LogP contribution in [0, 0.1) is 11.3 Å². The van der Waals surface area contributed by atoms with Crippen molar-refractivity contribution in [1.29, 1.82) is 5.26 Å². The number of likely N-dealkylation sites (N-methyl/N-ethyl adjacent to an activating group) is 1. The lowest BCUT2D eigenvalue weighted by Crippen LogP contribution is -2.31. The van der Waals surface area contributed by atoms with Crippen molar-refractivity contribution in [1.82, 2.24) is 5.32 Å². The number of hydrogen-bond donors (Lipinski definition) is 1. The van der Waals surface area contributed by atoms with Crippen LogP contribution in [0.3, 0.4) is 0 Å². The van der Waals surface area contributed by atoms with Gasteiger partial charge in [-0.25, -0.2) is 0 Å². The fourth-order valence-electron chi connectivity index (χ4n) is 2.82. The molecule has 0 radical (unpaired) electrons. The summed E-state index contributed by atoms with van der Waals surface area (Å²) in [5, 5.41) is 13.1. The molecule has 2 amide bonds. The molecule has 1 heterocycles. The minimum absolute atomic E-state index is 0.127. The SMILES string of the molecule is CNC(=O)/C(C#N)=C1\SC(Cc2ccc(Cl)c(Cl)c2)C(=O)N1c1ccc(Cl)cc1. The number of hydrogen-bond acceptors (Lipinski definition) is 4. The number of carbonyl (C=O) groups excluding carboxylic acids is 2. The Kier molecular flexibility index (Phi) is 6.76. The highest BCUT2D eigenvalue weighted by molar-refractivity contribution is 8.05. The molecule has 1 aliphatic heterocycles. The second-order valence-corrected chi connectivity index (χ2v) is 8.52.